The van der Waals surface area contributed by atoms with Crippen molar-refractivity contribution in [3.05, 3.63) is 33.3 Å². The average molecular weight is 291 g/mol. The molecule has 0 aromatic heterocycles. The van der Waals surface area contributed by atoms with Crippen molar-refractivity contribution in [3.8, 4) is 0 Å². The zero-order valence-electron chi connectivity index (χ0n) is 8.68. The van der Waals surface area contributed by atoms with Crippen molar-refractivity contribution >= 4 is 33.4 Å². The van der Waals surface area contributed by atoms with E-state index < -0.39 is 0 Å². The molecule has 0 aliphatic heterocycles. The van der Waals surface area contributed by atoms with Gasteiger partial charge in [-0.1, -0.05) is 34.5 Å². The van der Waals surface area contributed by atoms with E-state index in [1.165, 1.54) is 0 Å². The van der Waals surface area contributed by atoms with Gasteiger partial charge in [-0.2, -0.15) is 0 Å². The molecule has 1 atom stereocenters. The van der Waals surface area contributed by atoms with Gasteiger partial charge in [-0.3, -0.25) is 4.79 Å². The predicted molar refractivity (Wildman–Crippen MR) is 66.4 cm³/mol. The molecule has 1 N–H and O–H groups in total. The Morgan fingerprint density at radius 3 is 2.73 bits per heavy atom. The third-order valence-electron chi connectivity index (χ3n) is 2.11. The van der Waals surface area contributed by atoms with Gasteiger partial charge in [0, 0.05) is 21.1 Å². The number of benzene rings is 1. The molecule has 1 rings (SSSR count). The van der Waals surface area contributed by atoms with E-state index in [0.717, 1.165) is 10.9 Å². The first-order valence-electron chi connectivity index (χ1n) is 4.80. The topological polar surface area (TPSA) is 29.1 Å². The maximum absolute atomic E-state index is 11.7. The smallest absolute Gasteiger partial charge is 0.251 e. The van der Waals surface area contributed by atoms with Crippen LogP contribution in [-0.2, 0) is 0 Å². The van der Waals surface area contributed by atoms with E-state index in [-0.39, 0.29) is 11.9 Å². The molecule has 0 aliphatic carbocycles. The predicted octanol–water partition coefficient (Wildman–Crippen LogP) is 3.63. The van der Waals surface area contributed by atoms with Crippen LogP contribution in [0.1, 0.15) is 30.6 Å². The molecule has 0 heterocycles. The molecule has 82 valence electrons. The van der Waals surface area contributed by atoms with Crippen molar-refractivity contribution in [2.45, 2.75) is 26.3 Å². The van der Waals surface area contributed by atoms with Crippen LogP contribution in [0.4, 0.5) is 0 Å². The zero-order chi connectivity index (χ0) is 11.4. The summed E-state index contributed by atoms with van der Waals surface area (Å²) in [6, 6.07) is 5.34. The number of nitrogens with one attached hydrogen (secondary N) is 1. The minimum absolute atomic E-state index is 0.0902. The van der Waals surface area contributed by atoms with Crippen LogP contribution in [-0.4, -0.2) is 11.9 Å². The highest BCUT2D eigenvalue weighted by atomic mass is 79.9. The third-order valence-corrected chi connectivity index (χ3v) is 2.79. The zero-order valence-corrected chi connectivity index (χ0v) is 11.0. The first-order valence-corrected chi connectivity index (χ1v) is 5.97. The lowest BCUT2D eigenvalue weighted by Gasteiger charge is -2.11. The maximum Gasteiger partial charge on any atom is 0.251 e. The highest BCUT2D eigenvalue weighted by Gasteiger charge is 2.09. The first-order chi connectivity index (χ1) is 7.02. The summed E-state index contributed by atoms with van der Waals surface area (Å²) < 4.78 is 0.810. The van der Waals surface area contributed by atoms with Gasteiger partial charge in [-0.15, -0.1) is 0 Å². The fourth-order valence-corrected chi connectivity index (χ4v) is 1.95. The number of amides is 1. The number of carbonyl (C=O) groups excluding carboxylic acids is 1. The molecule has 4 heteroatoms. The molecule has 1 aromatic carbocycles. The molecule has 0 fully saturated rings. The van der Waals surface area contributed by atoms with Gasteiger partial charge in [0.15, 0.2) is 0 Å². The monoisotopic (exact) mass is 289 g/mol. The van der Waals surface area contributed by atoms with Crippen LogP contribution in [0.5, 0.6) is 0 Å². The number of hydrogen-bond acceptors (Lipinski definition) is 1. The lowest BCUT2D eigenvalue weighted by molar-refractivity contribution is 0.0939. The van der Waals surface area contributed by atoms with Crippen molar-refractivity contribution in [2.24, 2.45) is 0 Å². The van der Waals surface area contributed by atoms with Crippen molar-refractivity contribution in [1.29, 1.82) is 0 Å². The Bertz CT molecular complexity index is 347. The van der Waals surface area contributed by atoms with Crippen molar-refractivity contribution in [2.75, 3.05) is 0 Å². The summed E-state index contributed by atoms with van der Waals surface area (Å²) in [4.78, 5) is 11.7. The number of halogens is 2. The van der Waals surface area contributed by atoms with E-state index in [1.54, 1.807) is 18.2 Å². The van der Waals surface area contributed by atoms with E-state index in [1.807, 2.05) is 13.8 Å². The van der Waals surface area contributed by atoms with Crippen LogP contribution in [0, 0.1) is 0 Å². The van der Waals surface area contributed by atoms with Crippen LogP contribution in [0.15, 0.2) is 22.7 Å². The van der Waals surface area contributed by atoms with Gasteiger partial charge in [0.05, 0.1) is 0 Å². The quantitative estimate of drug-likeness (QED) is 0.905. The Hall–Kier alpha value is -0.540. The maximum atomic E-state index is 11.7. The van der Waals surface area contributed by atoms with Gasteiger partial charge in [-0.05, 0) is 31.5 Å². The van der Waals surface area contributed by atoms with Crippen LogP contribution in [0.3, 0.4) is 0 Å². The van der Waals surface area contributed by atoms with Gasteiger partial charge in [0.25, 0.3) is 5.91 Å². The van der Waals surface area contributed by atoms with E-state index >= 15 is 0 Å². The summed E-state index contributed by atoms with van der Waals surface area (Å²) in [5.74, 6) is -0.0902. The molecule has 0 saturated carbocycles. The Morgan fingerprint density at radius 1 is 1.53 bits per heavy atom. The number of rotatable bonds is 3. The molecule has 0 radical (unpaired) electrons. The second-order valence-corrected chi connectivity index (χ2v) is 4.79. The van der Waals surface area contributed by atoms with Gasteiger partial charge < -0.3 is 5.32 Å². The molecule has 15 heavy (non-hydrogen) atoms. The Labute approximate surface area is 103 Å². The average Bonchev–Trinajstić information content (AvgIpc) is 2.16. The molecule has 0 saturated heterocycles. The summed E-state index contributed by atoms with van der Waals surface area (Å²) in [5.41, 5.74) is 0.578. The molecule has 1 unspecified atom stereocenters. The Balaban J connectivity index is 2.82. The van der Waals surface area contributed by atoms with Gasteiger partial charge >= 0.3 is 0 Å². The van der Waals surface area contributed by atoms with Crippen LogP contribution >= 0.6 is 27.5 Å². The minimum atomic E-state index is -0.0902. The van der Waals surface area contributed by atoms with Crippen LogP contribution in [0.25, 0.3) is 0 Å². The first kappa shape index (κ1) is 12.5. The van der Waals surface area contributed by atoms with Crippen molar-refractivity contribution in [1.82, 2.24) is 5.32 Å². The highest BCUT2D eigenvalue weighted by molar-refractivity contribution is 9.10. The van der Waals surface area contributed by atoms with E-state index in [2.05, 4.69) is 21.2 Å². The van der Waals surface area contributed by atoms with Crippen molar-refractivity contribution < 1.29 is 4.79 Å². The summed E-state index contributed by atoms with van der Waals surface area (Å²) >= 11 is 9.15. The SMILES string of the molecule is CCC(C)NC(=O)c1cc(Cl)cc(Br)c1. The second-order valence-electron chi connectivity index (χ2n) is 3.44. The van der Waals surface area contributed by atoms with E-state index in [9.17, 15) is 4.79 Å². The number of hydrogen-bond donors (Lipinski definition) is 1. The van der Waals surface area contributed by atoms with Gasteiger partial charge in [0.2, 0.25) is 0 Å². The molecule has 0 spiro atoms. The molecular weight excluding hydrogens is 277 g/mol. The Kier molecular flexibility index (Phi) is 4.61. The van der Waals surface area contributed by atoms with Gasteiger partial charge in [-0.25, -0.2) is 0 Å². The normalized spacial score (nSPS) is 12.3. The summed E-state index contributed by atoms with van der Waals surface area (Å²) in [6.07, 6.45) is 0.910. The highest BCUT2D eigenvalue weighted by Crippen LogP contribution is 2.19. The lowest BCUT2D eigenvalue weighted by atomic mass is 10.2. The fourth-order valence-electron chi connectivity index (χ4n) is 1.09. The summed E-state index contributed by atoms with van der Waals surface area (Å²) in [6.45, 7) is 4.00. The Morgan fingerprint density at radius 2 is 2.20 bits per heavy atom. The minimum Gasteiger partial charge on any atom is -0.350 e. The van der Waals surface area contributed by atoms with Crippen LogP contribution in [0.2, 0.25) is 5.02 Å². The van der Waals surface area contributed by atoms with E-state index in [4.69, 9.17) is 11.6 Å². The standard InChI is InChI=1S/C11H13BrClNO/c1-3-7(2)14-11(15)8-4-9(12)6-10(13)5-8/h4-7H,3H2,1-2H3,(H,14,15). The molecule has 0 bridgehead atoms. The third kappa shape index (κ3) is 3.84. The molecule has 0 aliphatic rings. The molecular formula is C11H13BrClNO. The lowest BCUT2D eigenvalue weighted by Crippen LogP contribution is -2.31. The molecule has 2 nitrogen and oxygen atoms in total. The summed E-state index contributed by atoms with van der Waals surface area (Å²) in [7, 11) is 0. The fraction of sp³-hybridized carbons (Fsp3) is 0.364. The van der Waals surface area contributed by atoms with Crippen molar-refractivity contribution in [3.63, 3.8) is 0 Å². The van der Waals surface area contributed by atoms with Crippen LogP contribution < -0.4 is 5.32 Å². The molecule has 1 amide bonds. The largest absolute Gasteiger partial charge is 0.350 e. The summed E-state index contributed by atoms with van der Waals surface area (Å²) in [5, 5.41) is 3.44. The van der Waals surface area contributed by atoms with E-state index in [0.29, 0.717) is 10.6 Å². The number of carbonyl (C=O) groups is 1. The molecule has 1 aromatic rings. The second kappa shape index (κ2) is 5.52. The van der Waals surface area contributed by atoms with Gasteiger partial charge in [0.1, 0.15) is 0 Å².